The van der Waals surface area contributed by atoms with Crippen LogP contribution in [0.1, 0.15) is 52.9 Å². The van der Waals surface area contributed by atoms with Gasteiger partial charge in [-0.15, -0.1) is 0 Å². The van der Waals surface area contributed by atoms with E-state index >= 15 is 0 Å². The van der Waals surface area contributed by atoms with Crippen LogP contribution in [0.5, 0.6) is 0 Å². The molecule has 6 nitrogen and oxygen atoms in total. The van der Waals surface area contributed by atoms with E-state index in [4.69, 9.17) is 0 Å². The number of hydrogen-bond acceptors (Lipinski definition) is 5. The molecule has 2 aliphatic rings. The summed E-state index contributed by atoms with van der Waals surface area (Å²) in [4.78, 5) is 26.2. The van der Waals surface area contributed by atoms with Gasteiger partial charge in [0.1, 0.15) is 0 Å². The zero-order valence-corrected chi connectivity index (χ0v) is 15.8. The maximum Gasteiger partial charge on any atom is 0.253 e. The van der Waals surface area contributed by atoms with Gasteiger partial charge in [-0.2, -0.15) is 0 Å². The number of hydrogen-bond donors (Lipinski definition) is 2. The molecule has 1 atom stereocenters. The van der Waals surface area contributed by atoms with Gasteiger partial charge in [-0.25, -0.2) is 0 Å². The summed E-state index contributed by atoms with van der Waals surface area (Å²) < 4.78 is 0. The van der Waals surface area contributed by atoms with E-state index in [2.05, 4.69) is 31.0 Å². The van der Waals surface area contributed by atoms with E-state index in [0.29, 0.717) is 12.0 Å². The highest BCUT2D eigenvalue weighted by Crippen LogP contribution is 2.34. The number of unbranched alkanes of at least 4 members (excludes halogenated alkanes) is 2. The standard InChI is InChI=1S/C19H33N3O3/c1-19(2,3)15-9-13-21(14-10-15)18(25)20-11-5-4-6-12-22-16(23)7-8-17(22)24/h7-8,15,18,20,25H,4-6,9-14H2,1-3H3. The summed E-state index contributed by atoms with van der Waals surface area (Å²) in [5.41, 5.74) is 0.345. The normalized spacial score (nSPS) is 21.4. The first kappa shape index (κ1) is 20.1. The van der Waals surface area contributed by atoms with E-state index in [9.17, 15) is 14.7 Å². The average molecular weight is 351 g/mol. The first-order valence-electron chi connectivity index (χ1n) is 9.48. The van der Waals surface area contributed by atoms with E-state index in [-0.39, 0.29) is 11.8 Å². The zero-order chi connectivity index (χ0) is 18.4. The van der Waals surface area contributed by atoms with Gasteiger partial charge < -0.3 is 5.11 Å². The number of aliphatic hydroxyl groups excluding tert-OH is 1. The quantitative estimate of drug-likeness (QED) is 0.396. The van der Waals surface area contributed by atoms with Crippen molar-refractivity contribution in [2.24, 2.45) is 11.3 Å². The number of nitrogens with zero attached hydrogens (tertiary/aromatic N) is 2. The van der Waals surface area contributed by atoms with Crippen LogP contribution in [0.4, 0.5) is 0 Å². The fraction of sp³-hybridized carbons (Fsp3) is 0.789. The minimum atomic E-state index is -0.577. The number of nitrogens with one attached hydrogen (secondary N) is 1. The molecule has 0 bridgehead atoms. The van der Waals surface area contributed by atoms with Crippen LogP contribution in [0.25, 0.3) is 0 Å². The van der Waals surface area contributed by atoms with Crippen LogP contribution in [-0.4, -0.2) is 59.3 Å². The van der Waals surface area contributed by atoms with Crippen molar-refractivity contribution >= 4 is 11.8 Å². The number of rotatable bonds is 8. The Morgan fingerprint density at radius 1 is 1.12 bits per heavy atom. The third kappa shape index (κ3) is 5.90. The number of carbonyl (C=O) groups is 2. The number of amides is 2. The topological polar surface area (TPSA) is 72.9 Å². The first-order chi connectivity index (χ1) is 11.8. The van der Waals surface area contributed by atoms with Crippen LogP contribution in [0.2, 0.25) is 0 Å². The molecule has 1 unspecified atom stereocenters. The summed E-state index contributed by atoms with van der Waals surface area (Å²) in [5, 5.41) is 13.4. The van der Waals surface area contributed by atoms with Crippen LogP contribution in [0, 0.1) is 11.3 Å². The second-order valence-electron chi connectivity index (χ2n) is 8.23. The Balaban J connectivity index is 1.54. The molecule has 0 aromatic carbocycles. The van der Waals surface area contributed by atoms with Crippen molar-refractivity contribution in [2.45, 2.75) is 59.2 Å². The minimum absolute atomic E-state index is 0.211. The Morgan fingerprint density at radius 2 is 1.72 bits per heavy atom. The van der Waals surface area contributed by atoms with Gasteiger partial charge in [0.05, 0.1) is 0 Å². The van der Waals surface area contributed by atoms with E-state index < -0.39 is 6.35 Å². The molecular weight excluding hydrogens is 318 g/mol. The first-order valence-corrected chi connectivity index (χ1v) is 9.48. The lowest BCUT2D eigenvalue weighted by Crippen LogP contribution is -2.50. The van der Waals surface area contributed by atoms with Gasteiger partial charge in [0.2, 0.25) is 0 Å². The Hall–Kier alpha value is -1.24. The molecular formula is C19H33N3O3. The second kappa shape index (κ2) is 8.92. The maximum atomic E-state index is 11.4. The predicted octanol–water partition coefficient (Wildman–Crippen LogP) is 1.71. The van der Waals surface area contributed by atoms with Gasteiger partial charge in [0.25, 0.3) is 11.8 Å². The van der Waals surface area contributed by atoms with Crippen LogP contribution in [0.3, 0.4) is 0 Å². The van der Waals surface area contributed by atoms with Crippen LogP contribution in [-0.2, 0) is 9.59 Å². The molecule has 2 aliphatic heterocycles. The van der Waals surface area contributed by atoms with Crippen molar-refractivity contribution in [1.82, 2.24) is 15.1 Å². The molecule has 0 radical (unpaired) electrons. The fourth-order valence-electron chi connectivity index (χ4n) is 3.59. The lowest BCUT2D eigenvalue weighted by Gasteiger charge is -2.40. The SMILES string of the molecule is CC(C)(C)C1CCN(C(O)NCCCCCN2C(=O)C=CC2=O)CC1. The molecule has 0 spiro atoms. The van der Waals surface area contributed by atoms with Gasteiger partial charge in [-0.05, 0) is 43.6 Å². The van der Waals surface area contributed by atoms with E-state index in [1.807, 2.05) is 0 Å². The zero-order valence-electron chi connectivity index (χ0n) is 15.8. The molecule has 142 valence electrons. The molecule has 2 rings (SSSR count). The number of aliphatic hydroxyl groups is 1. The Morgan fingerprint density at radius 3 is 2.28 bits per heavy atom. The van der Waals surface area contributed by atoms with Crippen molar-refractivity contribution in [3.8, 4) is 0 Å². The second-order valence-corrected chi connectivity index (χ2v) is 8.23. The highest BCUT2D eigenvalue weighted by Gasteiger charge is 2.30. The lowest BCUT2D eigenvalue weighted by molar-refractivity contribution is -0.136. The van der Waals surface area contributed by atoms with Crippen LogP contribution >= 0.6 is 0 Å². The Kier molecular flexibility index (Phi) is 7.16. The van der Waals surface area contributed by atoms with Crippen molar-refractivity contribution in [3.05, 3.63) is 12.2 Å². The molecule has 2 amide bonds. The smallest absolute Gasteiger partial charge is 0.253 e. The van der Waals surface area contributed by atoms with E-state index in [1.165, 1.54) is 17.1 Å². The highest BCUT2D eigenvalue weighted by atomic mass is 16.3. The molecule has 0 saturated carbocycles. The molecule has 1 saturated heterocycles. The third-order valence-electron chi connectivity index (χ3n) is 5.39. The third-order valence-corrected chi connectivity index (χ3v) is 5.39. The Bertz CT molecular complexity index is 473. The number of carbonyl (C=O) groups excluding carboxylic acids is 2. The van der Waals surface area contributed by atoms with Gasteiger partial charge in [0.15, 0.2) is 6.35 Å². The summed E-state index contributed by atoms with van der Waals surface area (Å²) in [6, 6.07) is 0. The summed E-state index contributed by atoms with van der Waals surface area (Å²) >= 11 is 0. The predicted molar refractivity (Wildman–Crippen MR) is 97.5 cm³/mol. The molecule has 1 fully saturated rings. The average Bonchev–Trinajstić information content (AvgIpc) is 2.88. The fourth-order valence-corrected chi connectivity index (χ4v) is 3.59. The summed E-state index contributed by atoms with van der Waals surface area (Å²) in [7, 11) is 0. The molecule has 0 aliphatic carbocycles. The number of imide groups is 1. The van der Waals surface area contributed by atoms with Gasteiger partial charge in [-0.3, -0.25) is 24.7 Å². The number of likely N-dealkylation sites (tertiary alicyclic amines) is 1. The van der Waals surface area contributed by atoms with Gasteiger partial charge >= 0.3 is 0 Å². The van der Waals surface area contributed by atoms with Gasteiger partial charge in [0, 0.05) is 31.8 Å². The summed E-state index contributed by atoms with van der Waals surface area (Å²) in [5.74, 6) is 0.302. The molecule has 2 N–H and O–H groups in total. The molecule has 0 aromatic rings. The van der Waals surface area contributed by atoms with E-state index in [1.54, 1.807) is 0 Å². The number of piperidine rings is 1. The monoisotopic (exact) mass is 351 g/mol. The highest BCUT2D eigenvalue weighted by molar-refractivity contribution is 6.12. The Labute approximate surface area is 151 Å². The van der Waals surface area contributed by atoms with Crippen molar-refractivity contribution in [3.63, 3.8) is 0 Å². The van der Waals surface area contributed by atoms with Crippen molar-refractivity contribution in [1.29, 1.82) is 0 Å². The molecule has 0 aromatic heterocycles. The molecule has 6 heteroatoms. The minimum Gasteiger partial charge on any atom is -0.365 e. The van der Waals surface area contributed by atoms with Crippen LogP contribution in [0.15, 0.2) is 12.2 Å². The van der Waals surface area contributed by atoms with Crippen molar-refractivity contribution < 1.29 is 14.7 Å². The van der Waals surface area contributed by atoms with E-state index in [0.717, 1.165) is 57.7 Å². The van der Waals surface area contributed by atoms with Gasteiger partial charge in [-0.1, -0.05) is 27.2 Å². The summed E-state index contributed by atoms with van der Waals surface area (Å²) in [6.07, 6.45) is 6.97. The largest absolute Gasteiger partial charge is 0.365 e. The molecule has 25 heavy (non-hydrogen) atoms. The maximum absolute atomic E-state index is 11.4. The summed E-state index contributed by atoms with van der Waals surface area (Å²) in [6.45, 7) is 9.96. The van der Waals surface area contributed by atoms with Crippen molar-refractivity contribution in [2.75, 3.05) is 26.2 Å². The molecule has 2 heterocycles. The van der Waals surface area contributed by atoms with Crippen LogP contribution < -0.4 is 5.32 Å². The lowest BCUT2D eigenvalue weighted by atomic mass is 9.75.